The minimum Gasteiger partial charge on any atom is -0.454 e. The number of likely N-dealkylation sites (tertiary alicyclic amines) is 1. The molecule has 0 atom stereocenters. The second kappa shape index (κ2) is 8.81. The predicted octanol–water partition coefficient (Wildman–Crippen LogP) is 0.541. The normalized spacial score (nSPS) is 15.9. The number of urea groups is 1. The van der Waals surface area contributed by atoms with Crippen molar-refractivity contribution in [1.82, 2.24) is 20.4 Å². The molecule has 0 spiro atoms. The number of benzene rings is 1. The number of nitrogens with one attached hydrogen (secondary N) is 2. The Hall–Kier alpha value is -2.97. The summed E-state index contributed by atoms with van der Waals surface area (Å²) in [6.45, 7) is 2.17. The van der Waals surface area contributed by atoms with Gasteiger partial charge in [0, 0.05) is 40.3 Å². The van der Waals surface area contributed by atoms with Crippen LogP contribution >= 0.6 is 0 Å². The number of hydrogen-bond donors (Lipinski definition) is 2. The minimum absolute atomic E-state index is 0.00498. The summed E-state index contributed by atoms with van der Waals surface area (Å²) in [5, 5.41) is 5.29. The highest BCUT2D eigenvalue weighted by Crippen LogP contribution is 2.32. The first-order valence-corrected chi connectivity index (χ1v) is 9.35. The zero-order valence-electron chi connectivity index (χ0n) is 16.2. The van der Waals surface area contributed by atoms with Gasteiger partial charge in [-0.3, -0.25) is 9.59 Å². The van der Waals surface area contributed by atoms with Crippen molar-refractivity contribution >= 4 is 17.8 Å². The second-order valence-electron chi connectivity index (χ2n) is 7.19. The third kappa shape index (κ3) is 4.85. The second-order valence-corrected chi connectivity index (χ2v) is 7.19. The summed E-state index contributed by atoms with van der Waals surface area (Å²) in [6.07, 6.45) is 1.61. The lowest BCUT2D eigenvalue weighted by Gasteiger charge is -2.33. The lowest BCUT2D eigenvalue weighted by molar-refractivity contribution is -0.139. The molecular weight excluding hydrogens is 364 g/mol. The van der Waals surface area contributed by atoms with Gasteiger partial charge in [-0.2, -0.15) is 0 Å². The highest BCUT2D eigenvalue weighted by atomic mass is 16.7. The molecule has 2 aliphatic rings. The summed E-state index contributed by atoms with van der Waals surface area (Å²) in [5.41, 5.74) is 0.823. The lowest BCUT2D eigenvalue weighted by atomic mass is 9.97. The Bertz CT molecular complexity index is 744. The number of carbonyl (C=O) groups is 3. The molecule has 9 heteroatoms. The van der Waals surface area contributed by atoms with E-state index in [4.69, 9.17) is 9.47 Å². The van der Waals surface area contributed by atoms with Crippen LogP contribution in [0.1, 0.15) is 18.4 Å². The standard InChI is InChI=1S/C19H26N4O5/c1-22(2)19(26)23-7-5-13(6-8-23)10-20-17(24)18(25)21-11-14-3-4-15-16(9-14)28-12-27-15/h3-4,9,13H,5-8,10-12H2,1-2H3,(H,20,24)(H,21,25). The molecule has 0 bridgehead atoms. The van der Waals surface area contributed by atoms with Crippen LogP contribution in [0.4, 0.5) is 4.79 Å². The number of carbonyl (C=O) groups excluding carboxylic acids is 3. The summed E-state index contributed by atoms with van der Waals surface area (Å²) in [5.74, 6) is 0.253. The molecule has 0 radical (unpaired) electrons. The van der Waals surface area contributed by atoms with Gasteiger partial charge in [0.15, 0.2) is 11.5 Å². The Kier molecular flexibility index (Phi) is 6.23. The van der Waals surface area contributed by atoms with Gasteiger partial charge in [-0.05, 0) is 36.5 Å². The van der Waals surface area contributed by atoms with E-state index in [9.17, 15) is 14.4 Å². The van der Waals surface area contributed by atoms with E-state index in [1.807, 2.05) is 6.07 Å². The van der Waals surface area contributed by atoms with Gasteiger partial charge in [-0.1, -0.05) is 6.07 Å². The highest BCUT2D eigenvalue weighted by Gasteiger charge is 2.24. The fraction of sp³-hybridized carbons (Fsp3) is 0.526. The van der Waals surface area contributed by atoms with Crippen LogP contribution in [0.2, 0.25) is 0 Å². The number of rotatable bonds is 4. The molecule has 2 heterocycles. The van der Waals surface area contributed by atoms with Crippen molar-refractivity contribution in [1.29, 1.82) is 0 Å². The predicted molar refractivity (Wildman–Crippen MR) is 101 cm³/mol. The summed E-state index contributed by atoms with van der Waals surface area (Å²) < 4.78 is 10.5. The van der Waals surface area contributed by atoms with E-state index in [1.165, 1.54) is 0 Å². The van der Waals surface area contributed by atoms with Crippen molar-refractivity contribution in [2.45, 2.75) is 19.4 Å². The van der Waals surface area contributed by atoms with Gasteiger partial charge >= 0.3 is 17.8 Å². The first kappa shape index (κ1) is 19.8. The highest BCUT2D eigenvalue weighted by molar-refractivity contribution is 6.35. The van der Waals surface area contributed by atoms with E-state index in [2.05, 4.69) is 10.6 Å². The van der Waals surface area contributed by atoms with Gasteiger partial charge < -0.3 is 29.9 Å². The molecule has 28 heavy (non-hydrogen) atoms. The number of piperidine rings is 1. The smallest absolute Gasteiger partial charge is 0.319 e. The van der Waals surface area contributed by atoms with Crippen molar-refractivity contribution in [2.75, 3.05) is 40.5 Å². The number of amides is 4. The zero-order chi connectivity index (χ0) is 20.1. The first-order valence-electron chi connectivity index (χ1n) is 9.35. The van der Waals surface area contributed by atoms with Crippen LogP contribution in [-0.4, -0.2) is 68.2 Å². The number of hydrogen-bond acceptors (Lipinski definition) is 5. The zero-order valence-corrected chi connectivity index (χ0v) is 16.2. The first-order chi connectivity index (χ1) is 13.4. The third-order valence-corrected chi connectivity index (χ3v) is 4.92. The Morgan fingerprint density at radius 2 is 1.75 bits per heavy atom. The Morgan fingerprint density at radius 3 is 2.46 bits per heavy atom. The van der Waals surface area contributed by atoms with Gasteiger partial charge in [0.05, 0.1) is 0 Å². The fourth-order valence-corrected chi connectivity index (χ4v) is 3.24. The van der Waals surface area contributed by atoms with E-state index in [0.717, 1.165) is 18.4 Å². The molecule has 0 aromatic heterocycles. The van der Waals surface area contributed by atoms with Crippen LogP contribution in [0.15, 0.2) is 18.2 Å². The van der Waals surface area contributed by atoms with Gasteiger partial charge in [0.25, 0.3) is 0 Å². The maximum absolute atomic E-state index is 12.0. The molecule has 2 N–H and O–H groups in total. The molecule has 152 valence electrons. The van der Waals surface area contributed by atoms with Crippen LogP contribution in [0.3, 0.4) is 0 Å². The Labute approximate surface area is 163 Å². The van der Waals surface area contributed by atoms with Crippen molar-refractivity contribution in [3.05, 3.63) is 23.8 Å². The Balaban J connectivity index is 1.37. The molecule has 1 aromatic carbocycles. The molecule has 2 aliphatic heterocycles. The van der Waals surface area contributed by atoms with E-state index in [1.54, 1.807) is 36.0 Å². The summed E-state index contributed by atoms with van der Waals surface area (Å²) in [7, 11) is 3.47. The fourth-order valence-electron chi connectivity index (χ4n) is 3.24. The van der Waals surface area contributed by atoms with Crippen LogP contribution < -0.4 is 20.1 Å². The maximum atomic E-state index is 12.0. The van der Waals surface area contributed by atoms with Crippen LogP contribution in [0.5, 0.6) is 11.5 Å². The van der Waals surface area contributed by atoms with Crippen LogP contribution in [0.25, 0.3) is 0 Å². The molecule has 0 unspecified atom stereocenters. The molecule has 0 saturated carbocycles. The van der Waals surface area contributed by atoms with Gasteiger partial charge in [0.1, 0.15) is 0 Å². The van der Waals surface area contributed by atoms with Gasteiger partial charge in [-0.25, -0.2) is 4.79 Å². The molecule has 1 fully saturated rings. The van der Waals surface area contributed by atoms with Crippen molar-refractivity contribution in [3.8, 4) is 11.5 Å². The van der Waals surface area contributed by atoms with E-state index in [0.29, 0.717) is 31.1 Å². The van der Waals surface area contributed by atoms with Gasteiger partial charge in [-0.15, -0.1) is 0 Å². The average Bonchev–Trinajstić information content (AvgIpc) is 3.17. The molecule has 0 aliphatic carbocycles. The largest absolute Gasteiger partial charge is 0.454 e. The quantitative estimate of drug-likeness (QED) is 0.731. The third-order valence-electron chi connectivity index (χ3n) is 4.92. The van der Waals surface area contributed by atoms with Crippen LogP contribution in [-0.2, 0) is 16.1 Å². The summed E-state index contributed by atoms with van der Waals surface area (Å²) >= 11 is 0. The minimum atomic E-state index is -0.669. The lowest BCUT2D eigenvalue weighted by Crippen LogP contribution is -2.46. The van der Waals surface area contributed by atoms with E-state index < -0.39 is 11.8 Å². The topological polar surface area (TPSA) is 100 Å². The molecular formula is C19H26N4O5. The monoisotopic (exact) mass is 390 g/mol. The number of fused-ring (bicyclic) bond motifs is 1. The molecule has 1 aromatic rings. The maximum Gasteiger partial charge on any atom is 0.319 e. The summed E-state index contributed by atoms with van der Waals surface area (Å²) in [6, 6.07) is 5.38. The average molecular weight is 390 g/mol. The molecule has 1 saturated heterocycles. The number of nitrogens with zero attached hydrogens (tertiary/aromatic N) is 2. The number of ether oxygens (including phenoxy) is 2. The summed E-state index contributed by atoms with van der Waals surface area (Å²) in [4.78, 5) is 39.3. The van der Waals surface area contributed by atoms with E-state index in [-0.39, 0.29) is 25.3 Å². The van der Waals surface area contributed by atoms with Gasteiger partial charge in [0.2, 0.25) is 6.79 Å². The SMILES string of the molecule is CN(C)C(=O)N1CCC(CNC(=O)C(=O)NCc2ccc3c(c2)OCO3)CC1. The molecule has 4 amide bonds. The van der Waals surface area contributed by atoms with Crippen LogP contribution in [0, 0.1) is 5.92 Å². The van der Waals surface area contributed by atoms with Crippen molar-refractivity contribution in [2.24, 2.45) is 5.92 Å². The van der Waals surface area contributed by atoms with Crippen molar-refractivity contribution < 1.29 is 23.9 Å². The van der Waals surface area contributed by atoms with E-state index >= 15 is 0 Å². The molecule has 3 rings (SSSR count). The Morgan fingerprint density at radius 1 is 1.07 bits per heavy atom. The molecule has 9 nitrogen and oxygen atoms in total. The van der Waals surface area contributed by atoms with Crippen molar-refractivity contribution in [3.63, 3.8) is 0 Å².